The van der Waals surface area contributed by atoms with E-state index in [4.69, 9.17) is 5.73 Å². The standard InChI is InChI=1S/C35H36N4O7/c1-38(2)29-24-14-21-13-23-22(20-8-4-6-18(12-20)16-39(3)17-19-7-5-11-37-15-19)9-10-25(40)27(23)30(41)26(21)32(43)35(24,46)33(44)28(31(29)42)34(36)45/h4-12,15,21,24,26,28-29,40,46H,13-14,16-17H2,1-3H3,(H2,36,45)/t21-,24-,26?,28?,29-,35-/m0/s1. The zero-order valence-electron chi connectivity index (χ0n) is 25.8. The van der Waals surface area contributed by atoms with Crippen LogP contribution in [-0.4, -0.2) is 86.8 Å². The Balaban J connectivity index is 1.37. The number of amides is 1. The van der Waals surface area contributed by atoms with Gasteiger partial charge >= 0.3 is 0 Å². The van der Waals surface area contributed by atoms with Crippen LogP contribution in [0.1, 0.15) is 33.5 Å². The Morgan fingerprint density at radius 1 is 1.00 bits per heavy atom. The van der Waals surface area contributed by atoms with Gasteiger partial charge in [-0.1, -0.05) is 30.3 Å². The van der Waals surface area contributed by atoms with E-state index in [1.165, 1.54) is 11.0 Å². The Morgan fingerprint density at radius 2 is 1.72 bits per heavy atom. The van der Waals surface area contributed by atoms with Gasteiger partial charge in [0.1, 0.15) is 5.75 Å². The highest BCUT2D eigenvalue weighted by atomic mass is 16.3. The van der Waals surface area contributed by atoms with Gasteiger partial charge in [-0.05, 0) is 85.9 Å². The topological polar surface area (TPSA) is 171 Å². The molecule has 4 N–H and O–H groups in total. The summed E-state index contributed by atoms with van der Waals surface area (Å²) in [4.78, 5) is 75.0. The summed E-state index contributed by atoms with van der Waals surface area (Å²) in [5, 5.41) is 22.7. The van der Waals surface area contributed by atoms with E-state index in [1.807, 2.05) is 49.6 Å². The predicted molar refractivity (Wildman–Crippen MR) is 166 cm³/mol. The summed E-state index contributed by atoms with van der Waals surface area (Å²) >= 11 is 0. The Morgan fingerprint density at radius 3 is 2.39 bits per heavy atom. The number of ketones is 4. The molecule has 6 rings (SSSR count). The monoisotopic (exact) mass is 624 g/mol. The first-order chi connectivity index (χ1) is 21.8. The summed E-state index contributed by atoms with van der Waals surface area (Å²) < 4.78 is 0. The van der Waals surface area contributed by atoms with Crippen molar-refractivity contribution in [1.82, 2.24) is 14.8 Å². The lowest BCUT2D eigenvalue weighted by molar-refractivity contribution is -0.181. The molecular weight excluding hydrogens is 588 g/mol. The second-order valence-electron chi connectivity index (χ2n) is 13.0. The van der Waals surface area contributed by atoms with E-state index in [-0.39, 0.29) is 24.2 Å². The van der Waals surface area contributed by atoms with E-state index in [0.717, 1.165) is 22.3 Å². The van der Waals surface area contributed by atoms with Gasteiger partial charge in [-0.15, -0.1) is 0 Å². The first-order valence-electron chi connectivity index (χ1n) is 15.2. The molecule has 0 bridgehead atoms. The molecule has 2 fully saturated rings. The number of benzene rings is 2. The average Bonchev–Trinajstić information content (AvgIpc) is 2.99. The third-order valence-electron chi connectivity index (χ3n) is 9.81. The van der Waals surface area contributed by atoms with Crippen molar-refractivity contribution in [3.05, 3.63) is 83.2 Å². The van der Waals surface area contributed by atoms with Gasteiger partial charge in [-0.2, -0.15) is 0 Å². The minimum atomic E-state index is -2.75. The summed E-state index contributed by atoms with van der Waals surface area (Å²) in [7, 11) is 5.13. The first kappa shape index (κ1) is 31.4. The minimum Gasteiger partial charge on any atom is -0.507 e. The number of Topliss-reactive ketones (excluding diaryl/α,β-unsaturated/α-hetero) is 4. The Labute approximate surface area is 266 Å². The quantitative estimate of drug-likeness (QED) is 0.328. The van der Waals surface area contributed by atoms with Crippen molar-refractivity contribution in [2.75, 3.05) is 21.1 Å². The molecule has 3 aromatic rings. The lowest BCUT2D eigenvalue weighted by Crippen LogP contribution is -2.74. The molecule has 1 amide bonds. The van der Waals surface area contributed by atoms with Crippen molar-refractivity contribution in [2.45, 2.75) is 37.6 Å². The lowest BCUT2D eigenvalue weighted by atomic mass is 9.52. The highest BCUT2D eigenvalue weighted by molar-refractivity contribution is 6.32. The maximum Gasteiger partial charge on any atom is 0.235 e. The van der Waals surface area contributed by atoms with Crippen molar-refractivity contribution in [2.24, 2.45) is 29.4 Å². The predicted octanol–water partition coefficient (Wildman–Crippen LogP) is 1.56. The number of hydrogen-bond acceptors (Lipinski definition) is 10. The van der Waals surface area contributed by atoms with Crippen LogP contribution < -0.4 is 5.73 Å². The van der Waals surface area contributed by atoms with Gasteiger partial charge in [0.15, 0.2) is 34.7 Å². The molecule has 46 heavy (non-hydrogen) atoms. The van der Waals surface area contributed by atoms with Crippen LogP contribution in [0.2, 0.25) is 0 Å². The number of rotatable bonds is 7. The van der Waals surface area contributed by atoms with E-state index in [2.05, 4.69) is 9.88 Å². The van der Waals surface area contributed by atoms with Gasteiger partial charge in [-0.25, -0.2) is 0 Å². The molecule has 2 aromatic carbocycles. The fraction of sp³-hybridized carbons (Fsp3) is 0.371. The van der Waals surface area contributed by atoms with Crippen molar-refractivity contribution in [1.29, 1.82) is 0 Å². The molecule has 11 nitrogen and oxygen atoms in total. The fourth-order valence-electron chi connectivity index (χ4n) is 7.88. The third-order valence-corrected chi connectivity index (χ3v) is 9.81. The number of carbonyl (C=O) groups excluding carboxylic acids is 5. The molecule has 11 heteroatoms. The van der Waals surface area contributed by atoms with Crippen LogP contribution in [0.3, 0.4) is 0 Å². The molecule has 2 saturated carbocycles. The number of primary amides is 1. The van der Waals surface area contributed by atoms with Crippen molar-refractivity contribution in [3.8, 4) is 16.9 Å². The molecule has 6 atom stereocenters. The number of phenolic OH excluding ortho intramolecular Hbond substituents is 1. The number of nitrogens with two attached hydrogens (primary N) is 1. The maximum absolute atomic E-state index is 14.1. The van der Waals surface area contributed by atoms with Crippen LogP contribution in [0.15, 0.2) is 60.9 Å². The molecule has 3 aliphatic carbocycles. The van der Waals surface area contributed by atoms with Gasteiger partial charge in [0.2, 0.25) is 5.91 Å². The number of fused-ring (bicyclic) bond motifs is 3. The summed E-state index contributed by atoms with van der Waals surface area (Å²) in [5.74, 6) is -10.6. The summed E-state index contributed by atoms with van der Waals surface area (Å²) in [6.45, 7) is 1.34. The van der Waals surface area contributed by atoms with E-state index in [0.29, 0.717) is 18.7 Å². The molecular formula is C35H36N4O7. The van der Waals surface area contributed by atoms with E-state index < -0.39 is 64.4 Å². The molecule has 1 heterocycles. The zero-order valence-corrected chi connectivity index (χ0v) is 25.8. The molecule has 2 unspecified atom stereocenters. The SMILES string of the molecule is CN(Cc1cccnc1)Cc1cccc(-c2ccc(O)c3c2C[C@H]2C[C@H]4[C@H](N(C)C)C(=O)C(C(N)=O)C(=O)[C@@]4(O)C(=O)C2C3=O)c1. The van der Waals surface area contributed by atoms with Crippen molar-refractivity contribution >= 4 is 29.0 Å². The van der Waals surface area contributed by atoms with E-state index in [1.54, 1.807) is 26.4 Å². The molecule has 238 valence electrons. The first-order valence-corrected chi connectivity index (χ1v) is 15.2. The number of nitrogens with zero attached hydrogens (tertiary/aromatic N) is 3. The molecule has 1 aromatic heterocycles. The number of aromatic hydroxyl groups is 1. The normalized spacial score (nSPS) is 27.4. The van der Waals surface area contributed by atoms with Crippen molar-refractivity contribution in [3.63, 3.8) is 0 Å². The lowest BCUT2D eigenvalue weighted by Gasteiger charge is -2.52. The van der Waals surface area contributed by atoms with Gasteiger partial charge in [0, 0.05) is 31.4 Å². The Kier molecular flexibility index (Phi) is 7.95. The van der Waals surface area contributed by atoms with Crippen LogP contribution in [0.25, 0.3) is 11.1 Å². The van der Waals surface area contributed by atoms with Gasteiger partial charge in [0.25, 0.3) is 0 Å². The summed E-state index contributed by atoms with van der Waals surface area (Å²) in [6, 6.07) is 13.8. The molecule has 0 spiro atoms. The fourth-order valence-corrected chi connectivity index (χ4v) is 7.88. The largest absolute Gasteiger partial charge is 0.507 e. The van der Waals surface area contributed by atoms with Gasteiger partial charge < -0.3 is 15.9 Å². The average molecular weight is 625 g/mol. The van der Waals surface area contributed by atoms with Gasteiger partial charge in [0.05, 0.1) is 17.5 Å². The van der Waals surface area contributed by atoms with Crippen LogP contribution in [0.4, 0.5) is 0 Å². The number of aliphatic hydroxyl groups is 1. The number of likely N-dealkylation sites (N-methyl/N-ethyl adjacent to an activating group) is 1. The molecule has 3 aliphatic rings. The summed E-state index contributed by atoms with van der Waals surface area (Å²) in [6.07, 6.45) is 3.75. The Bertz CT molecular complexity index is 1770. The van der Waals surface area contributed by atoms with E-state index >= 15 is 0 Å². The third kappa shape index (κ3) is 4.95. The number of carbonyl (C=O) groups is 5. The van der Waals surface area contributed by atoms with Gasteiger partial charge in [-0.3, -0.25) is 38.8 Å². The highest BCUT2D eigenvalue weighted by Crippen LogP contribution is 2.51. The number of aromatic nitrogens is 1. The number of phenols is 1. The minimum absolute atomic E-state index is 0.00182. The second kappa shape index (κ2) is 11.7. The highest BCUT2D eigenvalue weighted by Gasteiger charge is 2.69. The summed E-state index contributed by atoms with van der Waals surface area (Å²) in [5.41, 5.74) is 6.84. The van der Waals surface area contributed by atoms with Crippen LogP contribution in [0, 0.1) is 23.7 Å². The molecule has 0 aliphatic heterocycles. The van der Waals surface area contributed by atoms with Crippen molar-refractivity contribution < 1.29 is 34.2 Å². The van der Waals surface area contributed by atoms with Crippen LogP contribution in [0.5, 0.6) is 5.75 Å². The number of hydrogen-bond donors (Lipinski definition) is 3. The molecule has 0 saturated heterocycles. The van der Waals surface area contributed by atoms with Crippen LogP contribution >= 0.6 is 0 Å². The second-order valence-corrected chi connectivity index (χ2v) is 13.0. The zero-order chi connectivity index (χ0) is 33.1. The van der Waals surface area contributed by atoms with Crippen LogP contribution in [-0.2, 0) is 38.7 Å². The van der Waals surface area contributed by atoms with E-state index in [9.17, 15) is 34.2 Å². The Hall–Kier alpha value is -4.58. The smallest absolute Gasteiger partial charge is 0.235 e. The molecule has 0 radical (unpaired) electrons. The maximum atomic E-state index is 14.1. The number of pyridine rings is 1.